The average Bonchev–Trinajstić information content (AvgIpc) is 2.37. The van der Waals surface area contributed by atoms with E-state index in [4.69, 9.17) is 9.84 Å². The van der Waals surface area contributed by atoms with Gasteiger partial charge in [0.05, 0.1) is 13.5 Å². The minimum Gasteiger partial charge on any atom is -0.493 e. The van der Waals surface area contributed by atoms with Gasteiger partial charge in [-0.3, -0.25) is 9.59 Å². The first-order valence-corrected chi connectivity index (χ1v) is 5.99. The van der Waals surface area contributed by atoms with Gasteiger partial charge in [0.15, 0.2) is 11.5 Å². The van der Waals surface area contributed by atoms with Gasteiger partial charge in [0.1, 0.15) is 0 Å². The van der Waals surface area contributed by atoms with Crippen LogP contribution in [0.2, 0.25) is 0 Å². The first kappa shape index (κ1) is 16.7. The summed E-state index contributed by atoms with van der Waals surface area (Å²) in [5.41, 5.74) is 0.144. The van der Waals surface area contributed by atoms with Crippen molar-refractivity contribution in [2.24, 2.45) is 0 Å². The smallest absolute Gasteiger partial charge is 0.387 e. The number of hydrogen-bond donors (Lipinski definition) is 2. The molecule has 2 N–H and O–H groups in total. The first-order valence-electron chi connectivity index (χ1n) is 5.99. The maximum atomic E-state index is 12.2. The second kappa shape index (κ2) is 7.41. The van der Waals surface area contributed by atoms with Crippen molar-refractivity contribution in [1.29, 1.82) is 0 Å². The minimum atomic E-state index is -3.01. The summed E-state index contributed by atoms with van der Waals surface area (Å²) in [5.74, 6) is -1.79. The van der Waals surface area contributed by atoms with Crippen LogP contribution in [0.3, 0.4) is 0 Å². The lowest BCUT2D eigenvalue weighted by Gasteiger charge is -2.14. The van der Waals surface area contributed by atoms with Gasteiger partial charge in [0, 0.05) is 11.6 Å². The van der Waals surface area contributed by atoms with Gasteiger partial charge in [-0.2, -0.15) is 8.78 Å². The van der Waals surface area contributed by atoms with Crippen molar-refractivity contribution >= 4 is 11.9 Å². The maximum Gasteiger partial charge on any atom is 0.387 e. The molecule has 8 heteroatoms. The molecule has 6 nitrogen and oxygen atoms in total. The third-order valence-corrected chi connectivity index (χ3v) is 2.50. The Bertz CT molecular complexity index is 521. The molecule has 0 aliphatic carbocycles. The number of benzene rings is 1. The molecule has 1 aromatic carbocycles. The van der Waals surface area contributed by atoms with Gasteiger partial charge >= 0.3 is 12.6 Å². The molecule has 0 saturated carbocycles. The van der Waals surface area contributed by atoms with E-state index in [1.54, 1.807) is 0 Å². The molecule has 21 heavy (non-hydrogen) atoms. The number of ether oxygens (including phenoxy) is 2. The Morgan fingerprint density at radius 2 is 2.00 bits per heavy atom. The Balaban J connectivity index is 2.83. The number of alkyl halides is 2. The van der Waals surface area contributed by atoms with Crippen molar-refractivity contribution in [1.82, 2.24) is 5.32 Å². The molecule has 0 fully saturated rings. The second-order valence-corrected chi connectivity index (χ2v) is 4.22. The van der Waals surface area contributed by atoms with Gasteiger partial charge in [0.2, 0.25) is 0 Å². The predicted octanol–water partition coefficient (Wildman–Crippen LogP) is 1.89. The van der Waals surface area contributed by atoms with Gasteiger partial charge in [-0.15, -0.1) is 0 Å². The number of carbonyl (C=O) groups excluding carboxylic acids is 1. The van der Waals surface area contributed by atoms with Crippen molar-refractivity contribution in [3.8, 4) is 11.5 Å². The summed E-state index contributed by atoms with van der Waals surface area (Å²) in [6.07, 6.45) is -0.227. The largest absolute Gasteiger partial charge is 0.493 e. The molecule has 1 unspecified atom stereocenters. The van der Waals surface area contributed by atoms with E-state index < -0.39 is 24.5 Å². The summed E-state index contributed by atoms with van der Waals surface area (Å²) in [6.45, 7) is -1.47. The highest BCUT2D eigenvalue weighted by atomic mass is 19.3. The standard InChI is InChI=1S/C13H15F2NO5/c1-7(5-11(17)18)16-12(19)8-3-4-9(21-13(14)15)10(6-8)20-2/h3-4,6-7,13H,5H2,1-2H3,(H,16,19)(H,17,18). The normalized spacial score (nSPS) is 11.9. The number of carboxylic acids is 1. The van der Waals surface area contributed by atoms with E-state index in [9.17, 15) is 18.4 Å². The maximum absolute atomic E-state index is 12.2. The minimum absolute atomic E-state index is 0.0196. The van der Waals surface area contributed by atoms with E-state index in [0.29, 0.717) is 0 Å². The molecule has 1 aromatic rings. The molecule has 0 saturated heterocycles. The third-order valence-electron chi connectivity index (χ3n) is 2.50. The molecular formula is C13H15F2NO5. The predicted molar refractivity (Wildman–Crippen MR) is 68.8 cm³/mol. The SMILES string of the molecule is COc1cc(C(=O)NC(C)CC(=O)O)ccc1OC(F)F. The lowest BCUT2D eigenvalue weighted by Crippen LogP contribution is -2.34. The van der Waals surface area contributed by atoms with E-state index in [1.807, 2.05) is 0 Å². The highest BCUT2D eigenvalue weighted by molar-refractivity contribution is 5.95. The topological polar surface area (TPSA) is 84.9 Å². The van der Waals surface area contributed by atoms with Crippen LogP contribution < -0.4 is 14.8 Å². The van der Waals surface area contributed by atoms with Crippen LogP contribution in [0.25, 0.3) is 0 Å². The van der Waals surface area contributed by atoms with Crippen LogP contribution in [0, 0.1) is 0 Å². The van der Waals surface area contributed by atoms with Crippen LogP contribution in [0.15, 0.2) is 18.2 Å². The Kier molecular flexibility index (Phi) is 5.89. The number of amides is 1. The van der Waals surface area contributed by atoms with E-state index in [1.165, 1.54) is 32.2 Å². The van der Waals surface area contributed by atoms with Crippen LogP contribution in [-0.2, 0) is 4.79 Å². The molecule has 0 spiro atoms. The molecule has 0 aromatic heterocycles. The van der Waals surface area contributed by atoms with Crippen LogP contribution >= 0.6 is 0 Å². The molecule has 0 aliphatic heterocycles. The number of carbonyl (C=O) groups is 2. The molecule has 1 atom stereocenters. The molecule has 0 heterocycles. The van der Waals surface area contributed by atoms with Gasteiger partial charge < -0.3 is 19.9 Å². The molecule has 0 radical (unpaired) electrons. The fraction of sp³-hybridized carbons (Fsp3) is 0.385. The van der Waals surface area contributed by atoms with E-state index in [2.05, 4.69) is 10.1 Å². The molecule has 0 aliphatic rings. The Labute approximate surface area is 119 Å². The summed E-state index contributed by atoms with van der Waals surface area (Å²) >= 11 is 0. The summed E-state index contributed by atoms with van der Waals surface area (Å²) in [7, 11) is 1.25. The van der Waals surface area contributed by atoms with Crippen LogP contribution in [0.5, 0.6) is 11.5 Å². The fourth-order valence-electron chi connectivity index (χ4n) is 1.62. The van der Waals surface area contributed by atoms with Crippen molar-refractivity contribution in [3.63, 3.8) is 0 Å². The van der Waals surface area contributed by atoms with Crippen molar-refractivity contribution in [2.45, 2.75) is 26.0 Å². The lowest BCUT2D eigenvalue weighted by molar-refractivity contribution is -0.137. The average molecular weight is 303 g/mol. The summed E-state index contributed by atoms with van der Waals surface area (Å²) in [4.78, 5) is 22.4. The number of rotatable bonds is 7. The zero-order valence-corrected chi connectivity index (χ0v) is 11.4. The number of halogens is 2. The van der Waals surface area contributed by atoms with E-state index in [0.717, 1.165) is 0 Å². The molecule has 0 bridgehead atoms. The number of methoxy groups -OCH3 is 1. The molecule has 116 valence electrons. The fourth-order valence-corrected chi connectivity index (χ4v) is 1.62. The number of carboxylic acid groups (broad SMARTS) is 1. The van der Waals surface area contributed by atoms with Crippen molar-refractivity contribution in [2.75, 3.05) is 7.11 Å². The molecule has 1 amide bonds. The van der Waals surface area contributed by atoms with Gasteiger partial charge in [0.25, 0.3) is 5.91 Å². The quantitative estimate of drug-likeness (QED) is 0.803. The van der Waals surface area contributed by atoms with Crippen LogP contribution in [0.1, 0.15) is 23.7 Å². The van der Waals surface area contributed by atoms with Crippen molar-refractivity contribution < 1.29 is 33.0 Å². The first-order chi connectivity index (χ1) is 9.83. The number of nitrogens with one attached hydrogen (secondary N) is 1. The van der Waals surface area contributed by atoms with E-state index in [-0.39, 0.29) is 23.5 Å². The summed E-state index contributed by atoms with van der Waals surface area (Å²) < 4.78 is 33.5. The number of hydrogen-bond acceptors (Lipinski definition) is 4. The van der Waals surface area contributed by atoms with Crippen LogP contribution in [-0.4, -0.2) is 36.7 Å². The third kappa shape index (κ3) is 5.25. The second-order valence-electron chi connectivity index (χ2n) is 4.22. The highest BCUT2D eigenvalue weighted by Gasteiger charge is 2.16. The van der Waals surface area contributed by atoms with Gasteiger partial charge in [-0.05, 0) is 25.1 Å². The Hall–Kier alpha value is -2.38. The molecule has 1 rings (SSSR count). The Morgan fingerprint density at radius 1 is 1.33 bits per heavy atom. The van der Waals surface area contributed by atoms with E-state index >= 15 is 0 Å². The monoisotopic (exact) mass is 303 g/mol. The summed E-state index contributed by atoms with van der Waals surface area (Å²) in [6, 6.07) is 3.13. The molecular weight excluding hydrogens is 288 g/mol. The summed E-state index contributed by atoms with van der Waals surface area (Å²) in [5, 5.41) is 11.1. The van der Waals surface area contributed by atoms with Crippen molar-refractivity contribution in [3.05, 3.63) is 23.8 Å². The highest BCUT2D eigenvalue weighted by Crippen LogP contribution is 2.29. The number of aliphatic carboxylic acids is 1. The zero-order valence-electron chi connectivity index (χ0n) is 11.4. The zero-order chi connectivity index (χ0) is 16.0. The van der Waals surface area contributed by atoms with Gasteiger partial charge in [-0.25, -0.2) is 0 Å². The van der Waals surface area contributed by atoms with Gasteiger partial charge in [-0.1, -0.05) is 0 Å². The lowest BCUT2D eigenvalue weighted by atomic mass is 10.1. The van der Waals surface area contributed by atoms with Crippen LogP contribution in [0.4, 0.5) is 8.78 Å². The Morgan fingerprint density at radius 3 is 2.52 bits per heavy atom.